The molecule has 0 atom stereocenters. The van der Waals surface area contributed by atoms with E-state index in [0.29, 0.717) is 23.9 Å². The van der Waals surface area contributed by atoms with E-state index in [1.165, 1.54) is 0 Å². The molecule has 0 N–H and O–H groups in total. The molecule has 0 heterocycles. The highest BCUT2D eigenvalue weighted by molar-refractivity contribution is 9.10. The van der Waals surface area contributed by atoms with Crippen molar-refractivity contribution in [3.63, 3.8) is 0 Å². The molecule has 0 saturated carbocycles. The largest absolute Gasteiger partial charge is 0.493 e. The van der Waals surface area contributed by atoms with E-state index in [9.17, 15) is 0 Å². The van der Waals surface area contributed by atoms with Crippen LogP contribution in [-0.2, 0) is 0 Å². The molecule has 4 heteroatoms. The van der Waals surface area contributed by atoms with Crippen LogP contribution in [0.15, 0.2) is 10.5 Å². The second-order valence-corrected chi connectivity index (χ2v) is 3.67. The van der Waals surface area contributed by atoms with Gasteiger partial charge in [0.15, 0.2) is 11.5 Å². The standard InChI is InChI=1S/C11H14BrO3/c1-4-7-15-11-9(13-2)6-5-8(12)10(11)14-3/h6H,4,7H2,1-3H3. The van der Waals surface area contributed by atoms with E-state index in [4.69, 9.17) is 14.2 Å². The molecule has 1 radical (unpaired) electrons. The number of ether oxygens (including phenoxy) is 3. The fourth-order valence-electron chi connectivity index (χ4n) is 1.15. The van der Waals surface area contributed by atoms with Gasteiger partial charge in [0, 0.05) is 6.07 Å². The van der Waals surface area contributed by atoms with Gasteiger partial charge in [-0.25, -0.2) is 0 Å². The summed E-state index contributed by atoms with van der Waals surface area (Å²) < 4.78 is 16.7. The molecule has 15 heavy (non-hydrogen) atoms. The summed E-state index contributed by atoms with van der Waals surface area (Å²) >= 11 is 3.35. The van der Waals surface area contributed by atoms with Crippen molar-refractivity contribution >= 4 is 15.9 Å². The van der Waals surface area contributed by atoms with Crippen molar-refractivity contribution in [2.45, 2.75) is 13.3 Å². The van der Waals surface area contributed by atoms with Gasteiger partial charge < -0.3 is 14.2 Å². The van der Waals surface area contributed by atoms with Gasteiger partial charge >= 0.3 is 0 Å². The Hall–Kier alpha value is -0.900. The maximum Gasteiger partial charge on any atom is 0.204 e. The smallest absolute Gasteiger partial charge is 0.204 e. The Kier molecular flexibility index (Phi) is 4.75. The average Bonchev–Trinajstić information content (AvgIpc) is 2.26. The fraction of sp³-hybridized carbons (Fsp3) is 0.455. The Morgan fingerprint density at radius 2 is 2.00 bits per heavy atom. The van der Waals surface area contributed by atoms with Crippen LogP contribution < -0.4 is 14.2 Å². The van der Waals surface area contributed by atoms with Crippen molar-refractivity contribution in [3.8, 4) is 17.2 Å². The van der Waals surface area contributed by atoms with Crippen LogP contribution in [-0.4, -0.2) is 20.8 Å². The third-order valence-corrected chi connectivity index (χ3v) is 2.42. The Bertz CT molecular complexity index is 326. The summed E-state index contributed by atoms with van der Waals surface area (Å²) in [4.78, 5) is 0. The van der Waals surface area contributed by atoms with E-state index in [1.54, 1.807) is 20.3 Å². The van der Waals surface area contributed by atoms with Crippen molar-refractivity contribution in [2.75, 3.05) is 20.8 Å². The molecule has 0 aromatic heterocycles. The van der Waals surface area contributed by atoms with E-state index in [-0.39, 0.29) is 0 Å². The van der Waals surface area contributed by atoms with Crippen LogP contribution in [0.2, 0.25) is 0 Å². The van der Waals surface area contributed by atoms with E-state index in [1.807, 2.05) is 6.92 Å². The van der Waals surface area contributed by atoms with Crippen LogP contribution >= 0.6 is 15.9 Å². The van der Waals surface area contributed by atoms with Crippen molar-refractivity contribution in [2.24, 2.45) is 0 Å². The summed E-state index contributed by atoms with van der Waals surface area (Å²) in [6, 6.07) is 4.69. The second kappa shape index (κ2) is 5.85. The zero-order chi connectivity index (χ0) is 11.3. The van der Waals surface area contributed by atoms with Gasteiger partial charge in [-0.3, -0.25) is 0 Å². The minimum Gasteiger partial charge on any atom is -0.493 e. The number of rotatable bonds is 5. The Morgan fingerprint density at radius 3 is 2.53 bits per heavy atom. The van der Waals surface area contributed by atoms with Gasteiger partial charge in [0.25, 0.3) is 0 Å². The lowest BCUT2D eigenvalue weighted by Crippen LogP contribution is -2.00. The third-order valence-electron chi connectivity index (χ3n) is 1.83. The molecule has 1 aromatic rings. The molecular weight excluding hydrogens is 260 g/mol. The topological polar surface area (TPSA) is 27.7 Å². The predicted molar refractivity (Wildman–Crippen MR) is 61.9 cm³/mol. The molecule has 0 aliphatic heterocycles. The molecule has 0 aliphatic rings. The number of methoxy groups -OCH3 is 2. The number of hydrogen-bond acceptors (Lipinski definition) is 3. The van der Waals surface area contributed by atoms with Crippen molar-refractivity contribution < 1.29 is 14.2 Å². The average molecular weight is 274 g/mol. The first-order valence-electron chi connectivity index (χ1n) is 4.69. The first kappa shape index (κ1) is 12.2. The summed E-state index contributed by atoms with van der Waals surface area (Å²) in [5, 5.41) is 0. The highest BCUT2D eigenvalue weighted by atomic mass is 79.9. The van der Waals surface area contributed by atoms with Gasteiger partial charge in [0.1, 0.15) is 0 Å². The summed E-state index contributed by atoms with van der Waals surface area (Å²) in [7, 11) is 3.18. The molecule has 1 aromatic carbocycles. The lowest BCUT2D eigenvalue weighted by atomic mass is 10.3. The minimum absolute atomic E-state index is 0.614. The van der Waals surface area contributed by atoms with E-state index < -0.39 is 0 Å². The summed E-state index contributed by atoms with van der Waals surface area (Å²) in [6.07, 6.45) is 0.933. The van der Waals surface area contributed by atoms with Crippen molar-refractivity contribution in [1.82, 2.24) is 0 Å². The Labute approximate surface area is 98.5 Å². The maximum absolute atomic E-state index is 5.58. The fourth-order valence-corrected chi connectivity index (χ4v) is 1.60. The van der Waals surface area contributed by atoms with E-state index in [0.717, 1.165) is 10.9 Å². The molecule has 0 amide bonds. The molecule has 0 unspecified atom stereocenters. The predicted octanol–water partition coefficient (Wildman–Crippen LogP) is 3.06. The van der Waals surface area contributed by atoms with Crippen LogP contribution in [0.1, 0.15) is 13.3 Å². The molecule has 3 nitrogen and oxygen atoms in total. The zero-order valence-corrected chi connectivity index (χ0v) is 10.7. The minimum atomic E-state index is 0.614. The van der Waals surface area contributed by atoms with Crippen LogP contribution in [0.5, 0.6) is 17.2 Å². The third kappa shape index (κ3) is 2.78. The molecule has 0 spiro atoms. The molecule has 1 rings (SSSR count). The monoisotopic (exact) mass is 273 g/mol. The molecule has 0 fully saturated rings. The van der Waals surface area contributed by atoms with Gasteiger partial charge in [-0.05, 0) is 28.4 Å². The van der Waals surface area contributed by atoms with Crippen molar-refractivity contribution in [3.05, 3.63) is 16.6 Å². The van der Waals surface area contributed by atoms with E-state index in [2.05, 4.69) is 22.0 Å². The van der Waals surface area contributed by atoms with Crippen LogP contribution in [0.3, 0.4) is 0 Å². The van der Waals surface area contributed by atoms with Gasteiger partial charge in [-0.2, -0.15) is 0 Å². The van der Waals surface area contributed by atoms with Gasteiger partial charge in [-0.15, -0.1) is 0 Å². The quantitative estimate of drug-likeness (QED) is 0.826. The first-order valence-corrected chi connectivity index (χ1v) is 5.48. The summed E-state index contributed by atoms with van der Waals surface area (Å²) in [5.41, 5.74) is 0. The number of halogens is 1. The van der Waals surface area contributed by atoms with Gasteiger partial charge in [0.05, 0.1) is 25.3 Å². The van der Waals surface area contributed by atoms with Gasteiger partial charge in [-0.1, -0.05) is 6.92 Å². The normalized spacial score (nSPS) is 9.87. The highest BCUT2D eigenvalue weighted by Crippen LogP contribution is 2.42. The van der Waals surface area contributed by atoms with Gasteiger partial charge in [0.2, 0.25) is 5.75 Å². The second-order valence-electron chi connectivity index (χ2n) is 2.88. The summed E-state index contributed by atoms with van der Waals surface area (Å²) in [6.45, 7) is 2.67. The molecule has 0 bridgehead atoms. The zero-order valence-electron chi connectivity index (χ0n) is 9.09. The maximum atomic E-state index is 5.58. The molecular formula is C11H14BrO3. The van der Waals surface area contributed by atoms with Crippen LogP contribution in [0.25, 0.3) is 0 Å². The molecule has 0 saturated heterocycles. The molecule has 83 valence electrons. The first-order chi connectivity index (χ1) is 7.24. The van der Waals surface area contributed by atoms with Crippen molar-refractivity contribution in [1.29, 1.82) is 0 Å². The lowest BCUT2D eigenvalue weighted by molar-refractivity contribution is 0.274. The number of hydrogen-bond donors (Lipinski definition) is 0. The lowest BCUT2D eigenvalue weighted by Gasteiger charge is -2.14. The Balaban J connectivity index is 3.09. The highest BCUT2D eigenvalue weighted by Gasteiger charge is 2.14. The summed E-state index contributed by atoms with van der Waals surface area (Å²) in [5.74, 6) is 1.86. The van der Waals surface area contributed by atoms with E-state index >= 15 is 0 Å². The molecule has 0 aliphatic carbocycles. The SMILES string of the molecule is CCCOc1c(OC)c[c]c(Br)c1OC. The van der Waals surface area contributed by atoms with Crippen LogP contribution in [0, 0.1) is 6.07 Å². The number of benzene rings is 1. The van der Waals surface area contributed by atoms with Crippen LogP contribution in [0.4, 0.5) is 0 Å². The Morgan fingerprint density at radius 1 is 1.27 bits per heavy atom.